The molecule has 0 aromatic carbocycles. The molecule has 0 amide bonds. The minimum atomic E-state index is -1.50. The molecule has 0 aliphatic heterocycles. The largest absolute Gasteiger partial charge is 0.491 e. The van der Waals surface area contributed by atoms with E-state index in [2.05, 4.69) is 5.10 Å². The lowest BCUT2D eigenvalue weighted by Crippen LogP contribution is -2.30. The Kier molecular flexibility index (Phi) is 2.15. The maximum absolute atomic E-state index is 8.99. The first-order valence-electron chi connectivity index (χ1n) is 4.14. The predicted molar refractivity (Wildman–Crippen MR) is 50.4 cm³/mol. The highest BCUT2D eigenvalue weighted by molar-refractivity contribution is 6.59. The van der Waals surface area contributed by atoms with Gasteiger partial charge in [0.05, 0.1) is 12.0 Å². The average molecular weight is 192 g/mol. The molecule has 0 saturated heterocycles. The monoisotopic (exact) mass is 192 g/mol. The first-order valence-corrected chi connectivity index (χ1v) is 4.14. The Morgan fingerprint density at radius 3 is 2.79 bits per heavy atom. The van der Waals surface area contributed by atoms with Crippen molar-refractivity contribution in [3.8, 4) is 5.88 Å². The van der Waals surface area contributed by atoms with Crippen LogP contribution in [0.4, 0.5) is 0 Å². The number of rotatable bonds is 2. The van der Waals surface area contributed by atoms with Crippen molar-refractivity contribution in [2.24, 2.45) is 0 Å². The van der Waals surface area contributed by atoms with Crippen LogP contribution >= 0.6 is 0 Å². The highest BCUT2D eigenvalue weighted by atomic mass is 16.4. The Labute approximate surface area is 80.7 Å². The highest BCUT2D eigenvalue weighted by Crippen LogP contribution is 2.06. The molecule has 2 heterocycles. The van der Waals surface area contributed by atoms with Gasteiger partial charge in [0.15, 0.2) is 0 Å². The van der Waals surface area contributed by atoms with E-state index in [1.807, 2.05) is 0 Å². The minimum absolute atomic E-state index is 0.376. The molecule has 2 aromatic rings. The second-order valence-corrected chi connectivity index (χ2v) is 2.94. The summed E-state index contributed by atoms with van der Waals surface area (Å²) in [6.07, 6.45) is 3.06. The van der Waals surface area contributed by atoms with Gasteiger partial charge in [-0.2, -0.15) is 5.10 Å². The van der Waals surface area contributed by atoms with Crippen molar-refractivity contribution in [2.45, 2.75) is 6.92 Å². The van der Waals surface area contributed by atoms with Crippen LogP contribution in [-0.4, -0.2) is 26.9 Å². The van der Waals surface area contributed by atoms with Crippen LogP contribution in [0.25, 0.3) is 5.88 Å². The van der Waals surface area contributed by atoms with Gasteiger partial charge in [-0.15, -0.1) is 0 Å². The van der Waals surface area contributed by atoms with Gasteiger partial charge in [-0.3, -0.25) is 0 Å². The van der Waals surface area contributed by atoms with Crippen molar-refractivity contribution < 1.29 is 14.5 Å². The molecule has 0 aliphatic rings. The van der Waals surface area contributed by atoms with Crippen molar-refractivity contribution in [3.05, 3.63) is 30.3 Å². The molecule has 0 unspecified atom stereocenters. The molecule has 14 heavy (non-hydrogen) atoms. The van der Waals surface area contributed by atoms with E-state index in [1.165, 1.54) is 17.1 Å². The number of hydrogen-bond acceptors (Lipinski definition) is 4. The zero-order chi connectivity index (χ0) is 10.1. The molecule has 0 aliphatic carbocycles. The van der Waals surface area contributed by atoms with E-state index in [0.717, 1.165) is 0 Å². The van der Waals surface area contributed by atoms with Gasteiger partial charge in [0.25, 0.3) is 0 Å². The molecule has 6 heteroatoms. The molecule has 0 fully saturated rings. The smallest absolute Gasteiger partial charge is 0.447 e. The number of nitrogens with zero attached hydrogens (tertiary/aromatic N) is 2. The summed E-state index contributed by atoms with van der Waals surface area (Å²) in [6, 6.07) is 3.47. The lowest BCUT2D eigenvalue weighted by atomic mass is 9.81. The first kappa shape index (κ1) is 9.05. The zero-order valence-corrected chi connectivity index (χ0v) is 7.58. The SMILES string of the molecule is Cc1nn(-c2ccco2)cc1B(O)O. The summed E-state index contributed by atoms with van der Waals surface area (Å²) in [5.41, 5.74) is 0.942. The number of furan rings is 1. The lowest BCUT2D eigenvalue weighted by molar-refractivity contribution is 0.425. The van der Waals surface area contributed by atoms with E-state index in [1.54, 1.807) is 19.1 Å². The lowest BCUT2D eigenvalue weighted by Gasteiger charge is -1.93. The fraction of sp³-hybridized carbons (Fsp3) is 0.125. The predicted octanol–water partition coefficient (Wildman–Crippen LogP) is -0.546. The Balaban J connectivity index is 2.43. The molecule has 0 bridgehead atoms. The van der Waals surface area contributed by atoms with Gasteiger partial charge >= 0.3 is 7.12 Å². The average Bonchev–Trinajstić information content (AvgIpc) is 2.70. The van der Waals surface area contributed by atoms with Gasteiger partial charge in [-0.05, 0) is 13.0 Å². The van der Waals surface area contributed by atoms with Gasteiger partial charge in [0, 0.05) is 17.7 Å². The Hall–Kier alpha value is -1.53. The summed E-state index contributed by atoms with van der Waals surface area (Å²) >= 11 is 0. The second-order valence-electron chi connectivity index (χ2n) is 2.94. The maximum atomic E-state index is 8.99. The van der Waals surface area contributed by atoms with Crippen LogP contribution in [0, 0.1) is 6.92 Å². The third-order valence-electron chi connectivity index (χ3n) is 1.95. The van der Waals surface area contributed by atoms with Crippen molar-refractivity contribution in [2.75, 3.05) is 0 Å². The normalized spacial score (nSPS) is 10.5. The molecule has 2 aromatic heterocycles. The topological polar surface area (TPSA) is 71.4 Å². The van der Waals surface area contributed by atoms with Crippen LogP contribution in [0.1, 0.15) is 5.69 Å². The van der Waals surface area contributed by atoms with Gasteiger partial charge in [-0.25, -0.2) is 4.68 Å². The summed E-state index contributed by atoms with van der Waals surface area (Å²) in [5, 5.41) is 22.1. The third-order valence-corrected chi connectivity index (χ3v) is 1.95. The molecule has 0 radical (unpaired) electrons. The van der Waals surface area contributed by atoms with Crippen LogP contribution < -0.4 is 5.46 Å². The van der Waals surface area contributed by atoms with Crippen LogP contribution in [0.2, 0.25) is 0 Å². The van der Waals surface area contributed by atoms with E-state index in [-0.39, 0.29) is 0 Å². The summed E-state index contributed by atoms with van der Waals surface area (Å²) in [7, 11) is -1.50. The fourth-order valence-corrected chi connectivity index (χ4v) is 1.24. The number of hydrogen-bond donors (Lipinski definition) is 2. The summed E-state index contributed by atoms with van der Waals surface area (Å²) in [5.74, 6) is 0.542. The second kappa shape index (κ2) is 3.32. The molecular formula is C8H9BN2O3. The van der Waals surface area contributed by atoms with Crippen molar-refractivity contribution >= 4 is 12.6 Å². The third kappa shape index (κ3) is 1.45. The summed E-state index contributed by atoms with van der Waals surface area (Å²) in [4.78, 5) is 0. The molecule has 0 spiro atoms. The van der Waals surface area contributed by atoms with Gasteiger partial charge in [0.2, 0.25) is 5.88 Å². The Bertz CT molecular complexity index is 422. The van der Waals surface area contributed by atoms with Gasteiger partial charge in [0.1, 0.15) is 0 Å². The van der Waals surface area contributed by atoms with Crippen LogP contribution in [0.3, 0.4) is 0 Å². The zero-order valence-electron chi connectivity index (χ0n) is 7.58. The standard InChI is InChI=1S/C8H9BN2O3/c1-6-7(9(12)13)5-11(10-6)8-3-2-4-14-8/h2-5,12-13H,1H3. The van der Waals surface area contributed by atoms with Crippen molar-refractivity contribution in [3.63, 3.8) is 0 Å². The molecule has 5 nitrogen and oxygen atoms in total. The quantitative estimate of drug-likeness (QED) is 0.626. The van der Waals surface area contributed by atoms with Gasteiger partial charge in [-0.1, -0.05) is 0 Å². The van der Waals surface area contributed by atoms with Crippen LogP contribution in [0.5, 0.6) is 0 Å². The molecule has 0 atom stereocenters. The number of aromatic nitrogens is 2. The first-order chi connectivity index (χ1) is 6.68. The summed E-state index contributed by atoms with van der Waals surface area (Å²) < 4.78 is 6.57. The van der Waals surface area contributed by atoms with Crippen molar-refractivity contribution in [1.29, 1.82) is 0 Å². The van der Waals surface area contributed by atoms with Crippen molar-refractivity contribution in [1.82, 2.24) is 9.78 Å². The Morgan fingerprint density at radius 2 is 2.29 bits per heavy atom. The molecule has 0 saturated carbocycles. The van der Waals surface area contributed by atoms with E-state index < -0.39 is 7.12 Å². The molecule has 2 N–H and O–H groups in total. The van der Waals surface area contributed by atoms with Crippen LogP contribution in [-0.2, 0) is 0 Å². The van der Waals surface area contributed by atoms with E-state index in [0.29, 0.717) is 17.0 Å². The minimum Gasteiger partial charge on any atom is -0.447 e. The fourth-order valence-electron chi connectivity index (χ4n) is 1.24. The highest BCUT2D eigenvalue weighted by Gasteiger charge is 2.18. The van der Waals surface area contributed by atoms with E-state index in [4.69, 9.17) is 14.5 Å². The molecule has 72 valence electrons. The Morgan fingerprint density at radius 1 is 1.50 bits per heavy atom. The summed E-state index contributed by atoms with van der Waals surface area (Å²) in [6.45, 7) is 1.70. The maximum Gasteiger partial charge on any atom is 0.491 e. The number of aryl methyl sites for hydroxylation is 1. The van der Waals surface area contributed by atoms with E-state index >= 15 is 0 Å². The molecular weight excluding hydrogens is 183 g/mol. The van der Waals surface area contributed by atoms with E-state index in [9.17, 15) is 0 Å². The van der Waals surface area contributed by atoms with Gasteiger partial charge < -0.3 is 14.5 Å². The van der Waals surface area contributed by atoms with Crippen LogP contribution in [0.15, 0.2) is 29.0 Å². The molecule has 2 rings (SSSR count).